The normalized spacial score (nSPS) is 15.9. The molecule has 0 unspecified atom stereocenters. The topological polar surface area (TPSA) is 63.5 Å². The second kappa shape index (κ2) is 7.40. The molecule has 3 aromatic heterocycles. The SMILES string of the molecule is FC(F)(F)c1ccc(N2CCN(Cn3nc(-c4ccco4)oc3=S)CC2)nc1. The zero-order valence-corrected chi connectivity index (χ0v) is 15.4. The van der Waals surface area contributed by atoms with Gasteiger partial charge in [-0.3, -0.25) is 4.90 Å². The molecule has 0 N–H and O–H groups in total. The minimum atomic E-state index is -4.38. The van der Waals surface area contributed by atoms with E-state index in [1.165, 1.54) is 12.3 Å². The van der Waals surface area contributed by atoms with Crippen molar-refractivity contribution in [3.8, 4) is 11.7 Å². The first-order valence-electron chi connectivity index (χ1n) is 8.52. The van der Waals surface area contributed by atoms with Crippen LogP contribution in [0, 0.1) is 4.84 Å². The summed E-state index contributed by atoms with van der Waals surface area (Å²) in [6.45, 7) is 3.10. The Balaban J connectivity index is 1.36. The number of rotatable bonds is 4. The molecule has 0 atom stereocenters. The molecule has 11 heteroatoms. The van der Waals surface area contributed by atoms with Gasteiger partial charge in [0.1, 0.15) is 5.82 Å². The smallest absolute Gasteiger partial charge is 0.417 e. The fourth-order valence-electron chi connectivity index (χ4n) is 2.94. The number of aromatic nitrogens is 3. The van der Waals surface area contributed by atoms with Crippen molar-refractivity contribution in [2.75, 3.05) is 31.1 Å². The average Bonchev–Trinajstić information content (AvgIpc) is 3.32. The summed E-state index contributed by atoms with van der Waals surface area (Å²) in [5.41, 5.74) is -0.748. The molecule has 1 aliphatic rings. The Kier molecular flexibility index (Phi) is 4.94. The number of alkyl halides is 3. The summed E-state index contributed by atoms with van der Waals surface area (Å²) in [6, 6.07) is 5.93. The van der Waals surface area contributed by atoms with E-state index in [4.69, 9.17) is 21.1 Å². The highest BCUT2D eigenvalue weighted by Gasteiger charge is 2.31. The van der Waals surface area contributed by atoms with Crippen molar-refractivity contribution >= 4 is 18.0 Å². The van der Waals surface area contributed by atoms with E-state index in [0.717, 1.165) is 12.3 Å². The third-order valence-corrected chi connectivity index (χ3v) is 4.74. The summed E-state index contributed by atoms with van der Waals surface area (Å²) < 4.78 is 50.3. The van der Waals surface area contributed by atoms with E-state index in [-0.39, 0.29) is 4.84 Å². The van der Waals surface area contributed by atoms with Crippen molar-refractivity contribution in [2.45, 2.75) is 12.8 Å². The molecule has 1 aliphatic heterocycles. The van der Waals surface area contributed by atoms with Crippen LogP contribution in [-0.2, 0) is 12.8 Å². The Morgan fingerprint density at radius 1 is 1.11 bits per heavy atom. The predicted octanol–water partition coefficient (Wildman–Crippen LogP) is 3.66. The second-order valence-corrected chi connectivity index (χ2v) is 6.65. The minimum Gasteiger partial charge on any atom is -0.459 e. The van der Waals surface area contributed by atoms with Gasteiger partial charge in [0.05, 0.1) is 18.5 Å². The lowest BCUT2D eigenvalue weighted by molar-refractivity contribution is -0.137. The molecule has 0 radical (unpaired) electrons. The molecule has 0 saturated carbocycles. The van der Waals surface area contributed by atoms with Crippen molar-refractivity contribution in [3.63, 3.8) is 0 Å². The number of anilines is 1. The number of piperazine rings is 1. The van der Waals surface area contributed by atoms with E-state index in [2.05, 4.69) is 15.0 Å². The highest BCUT2D eigenvalue weighted by Crippen LogP contribution is 2.29. The van der Waals surface area contributed by atoms with Gasteiger partial charge < -0.3 is 13.7 Å². The maximum Gasteiger partial charge on any atom is 0.417 e. The van der Waals surface area contributed by atoms with Gasteiger partial charge in [-0.15, -0.1) is 5.10 Å². The molecule has 4 rings (SSSR count). The molecular weight excluding hydrogens is 395 g/mol. The van der Waals surface area contributed by atoms with E-state index < -0.39 is 11.7 Å². The lowest BCUT2D eigenvalue weighted by Gasteiger charge is -2.35. The molecular formula is C17H16F3N5O2S. The van der Waals surface area contributed by atoms with Crippen LogP contribution in [0.1, 0.15) is 5.56 Å². The van der Waals surface area contributed by atoms with Crippen molar-refractivity contribution in [1.29, 1.82) is 0 Å². The van der Waals surface area contributed by atoms with Gasteiger partial charge in [0, 0.05) is 32.4 Å². The van der Waals surface area contributed by atoms with Crippen molar-refractivity contribution < 1.29 is 22.0 Å². The first-order chi connectivity index (χ1) is 13.4. The molecule has 3 aromatic rings. The van der Waals surface area contributed by atoms with Gasteiger partial charge in [0.2, 0.25) is 0 Å². The van der Waals surface area contributed by atoms with Crippen molar-refractivity contribution in [1.82, 2.24) is 19.7 Å². The maximum absolute atomic E-state index is 12.7. The summed E-state index contributed by atoms with van der Waals surface area (Å²) >= 11 is 5.21. The van der Waals surface area contributed by atoms with Gasteiger partial charge in [0.15, 0.2) is 5.76 Å². The fraction of sp³-hybridized carbons (Fsp3) is 0.353. The van der Waals surface area contributed by atoms with Crippen LogP contribution in [0.4, 0.5) is 19.0 Å². The minimum absolute atomic E-state index is 0.248. The number of hydrogen-bond acceptors (Lipinski definition) is 7. The standard InChI is InChI=1S/C17H16F3N5O2S/c18-17(19,20)12-3-4-14(21-10-12)24-7-5-23(6-8-24)11-25-16(28)27-15(22-25)13-2-1-9-26-13/h1-4,9-10H,5-8,11H2. The summed E-state index contributed by atoms with van der Waals surface area (Å²) in [5.74, 6) is 1.36. The van der Waals surface area contributed by atoms with Crippen molar-refractivity contribution in [3.05, 3.63) is 47.1 Å². The number of nitrogens with zero attached hydrogens (tertiary/aromatic N) is 5. The Hall–Kier alpha value is -2.66. The quantitative estimate of drug-likeness (QED) is 0.607. The van der Waals surface area contributed by atoms with Crippen molar-refractivity contribution in [2.24, 2.45) is 0 Å². The molecule has 7 nitrogen and oxygen atoms in total. The van der Waals surface area contributed by atoms with Crippen LogP contribution in [0.5, 0.6) is 0 Å². The highest BCUT2D eigenvalue weighted by atomic mass is 32.1. The lowest BCUT2D eigenvalue weighted by Crippen LogP contribution is -2.47. The molecule has 0 bridgehead atoms. The number of pyridine rings is 1. The fourth-order valence-corrected chi connectivity index (χ4v) is 3.12. The van der Waals surface area contributed by atoms with Gasteiger partial charge >= 0.3 is 6.18 Å². The van der Waals surface area contributed by atoms with E-state index in [0.29, 0.717) is 50.3 Å². The lowest BCUT2D eigenvalue weighted by atomic mass is 10.2. The molecule has 0 spiro atoms. The average molecular weight is 411 g/mol. The molecule has 28 heavy (non-hydrogen) atoms. The Bertz CT molecular complexity index is 974. The first-order valence-corrected chi connectivity index (χ1v) is 8.93. The Morgan fingerprint density at radius 3 is 2.50 bits per heavy atom. The van der Waals surface area contributed by atoms with E-state index in [9.17, 15) is 13.2 Å². The zero-order valence-electron chi connectivity index (χ0n) is 14.6. The maximum atomic E-state index is 12.7. The van der Waals surface area contributed by atoms with Gasteiger partial charge in [0.25, 0.3) is 10.7 Å². The second-order valence-electron chi connectivity index (χ2n) is 6.30. The van der Waals surface area contributed by atoms with Crippen LogP contribution in [0.15, 0.2) is 45.6 Å². The van der Waals surface area contributed by atoms with E-state index >= 15 is 0 Å². The first kappa shape index (κ1) is 18.7. The Labute approximate surface area is 163 Å². The zero-order chi connectivity index (χ0) is 19.7. The van der Waals surface area contributed by atoms with E-state index in [1.54, 1.807) is 16.8 Å². The van der Waals surface area contributed by atoms with Gasteiger partial charge in [-0.2, -0.15) is 13.2 Å². The van der Waals surface area contributed by atoms with Crippen LogP contribution in [-0.4, -0.2) is 45.8 Å². The predicted molar refractivity (Wildman–Crippen MR) is 96.1 cm³/mol. The number of furan rings is 1. The van der Waals surface area contributed by atoms with Crippen LogP contribution in [0.3, 0.4) is 0 Å². The molecule has 1 saturated heterocycles. The molecule has 0 amide bonds. The van der Waals surface area contributed by atoms with Crippen LogP contribution >= 0.6 is 12.2 Å². The molecule has 0 aromatic carbocycles. The van der Waals surface area contributed by atoms with Crippen LogP contribution in [0.25, 0.3) is 11.7 Å². The number of hydrogen-bond donors (Lipinski definition) is 0. The Morgan fingerprint density at radius 2 is 1.89 bits per heavy atom. The van der Waals surface area contributed by atoms with E-state index in [1.807, 2.05) is 4.90 Å². The highest BCUT2D eigenvalue weighted by molar-refractivity contribution is 7.71. The largest absolute Gasteiger partial charge is 0.459 e. The molecule has 4 heterocycles. The summed E-state index contributed by atoms with van der Waals surface area (Å²) in [7, 11) is 0. The third kappa shape index (κ3) is 3.94. The number of halogens is 3. The van der Waals surface area contributed by atoms with Gasteiger partial charge in [-0.25, -0.2) is 9.67 Å². The molecule has 0 aliphatic carbocycles. The summed E-state index contributed by atoms with van der Waals surface area (Å²) in [4.78, 5) is 8.28. The van der Waals surface area contributed by atoms with Crippen LogP contribution < -0.4 is 4.90 Å². The van der Waals surface area contributed by atoms with Gasteiger partial charge in [-0.1, -0.05) is 0 Å². The summed E-state index contributed by atoms with van der Waals surface area (Å²) in [5, 5.41) is 4.33. The van der Waals surface area contributed by atoms with Crippen LogP contribution in [0.2, 0.25) is 0 Å². The third-order valence-electron chi connectivity index (χ3n) is 4.44. The molecule has 148 valence electrons. The monoisotopic (exact) mass is 411 g/mol. The summed E-state index contributed by atoms with van der Waals surface area (Å²) in [6.07, 6.45) is -1.98. The molecule has 1 fully saturated rings. The van der Waals surface area contributed by atoms with Gasteiger partial charge in [-0.05, 0) is 36.5 Å².